The van der Waals surface area contributed by atoms with Crippen LogP contribution in [0, 0.1) is 6.92 Å². The number of hydrogen-bond donors (Lipinski definition) is 0. The van der Waals surface area contributed by atoms with E-state index in [4.69, 9.17) is 4.74 Å². The Morgan fingerprint density at radius 2 is 1.64 bits per heavy atom. The van der Waals surface area contributed by atoms with Gasteiger partial charge < -0.3 is 19.4 Å². The molecule has 0 atom stereocenters. The van der Waals surface area contributed by atoms with Crippen LogP contribution in [0.25, 0.3) is 0 Å². The second-order valence-electron chi connectivity index (χ2n) is 7.17. The molecule has 8 nitrogen and oxygen atoms in total. The van der Waals surface area contributed by atoms with Crippen molar-refractivity contribution in [2.24, 2.45) is 0 Å². The van der Waals surface area contributed by atoms with Crippen molar-refractivity contribution in [3.8, 4) is 5.88 Å². The van der Waals surface area contributed by atoms with Crippen LogP contribution in [0.15, 0.2) is 24.4 Å². The van der Waals surface area contributed by atoms with E-state index in [1.807, 2.05) is 11.8 Å². The Labute approximate surface area is 165 Å². The first-order valence-electron chi connectivity index (χ1n) is 9.79. The quantitative estimate of drug-likeness (QED) is 0.797. The molecule has 0 bridgehead atoms. The Morgan fingerprint density at radius 1 is 1.00 bits per heavy atom. The van der Waals surface area contributed by atoms with Crippen LogP contribution in [0.2, 0.25) is 0 Å². The summed E-state index contributed by atoms with van der Waals surface area (Å²) in [5, 5.41) is 0. The summed E-state index contributed by atoms with van der Waals surface area (Å²) in [6.45, 7) is 6.82. The van der Waals surface area contributed by atoms with Crippen LogP contribution in [0.1, 0.15) is 29.0 Å². The molecule has 4 rings (SSSR count). The molecule has 2 aliphatic rings. The normalized spacial score (nSPS) is 17.1. The molecule has 1 amide bonds. The summed E-state index contributed by atoms with van der Waals surface area (Å²) in [5.41, 5.74) is 0.507. The predicted octanol–water partition coefficient (Wildman–Crippen LogP) is 1.75. The van der Waals surface area contributed by atoms with Crippen molar-refractivity contribution in [1.29, 1.82) is 0 Å². The summed E-state index contributed by atoms with van der Waals surface area (Å²) in [6.07, 6.45) is 4.07. The number of nitrogens with zero attached hydrogens (tertiary/aromatic N) is 6. The van der Waals surface area contributed by atoms with Crippen molar-refractivity contribution < 1.29 is 9.53 Å². The molecule has 0 aliphatic carbocycles. The van der Waals surface area contributed by atoms with Gasteiger partial charge >= 0.3 is 0 Å². The van der Waals surface area contributed by atoms with Gasteiger partial charge in [-0.15, -0.1) is 0 Å². The van der Waals surface area contributed by atoms with Gasteiger partial charge in [-0.1, -0.05) is 0 Å². The predicted molar refractivity (Wildman–Crippen MR) is 107 cm³/mol. The lowest BCUT2D eigenvalue weighted by Gasteiger charge is -2.36. The number of carbonyl (C=O) groups excluding carboxylic acids is 1. The SMILES string of the molecule is COc1ncccc1C(=O)N1CCN(c2cc(N3CCCC3)nc(C)n2)CC1. The Hall–Kier alpha value is -2.90. The van der Waals surface area contributed by atoms with E-state index in [1.54, 1.807) is 18.3 Å². The minimum Gasteiger partial charge on any atom is -0.480 e. The third-order valence-electron chi connectivity index (χ3n) is 5.33. The summed E-state index contributed by atoms with van der Waals surface area (Å²) in [5.74, 6) is 3.08. The van der Waals surface area contributed by atoms with E-state index < -0.39 is 0 Å². The Morgan fingerprint density at radius 3 is 2.29 bits per heavy atom. The maximum atomic E-state index is 12.9. The van der Waals surface area contributed by atoms with Crippen molar-refractivity contribution in [3.63, 3.8) is 0 Å². The van der Waals surface area contributed by atoms with E-state index in [-0.39, 0.29) is 5.91 Å². The highest BCUT2D eigenvalue weighted by atomic mass is 16.5. The lowest BCUT2D eigenvalue weighted by molar-refractivity contribution is 0.0742. The minimum absolute atomic E-state index is 0.0405. The van der Waals surface area contributed by atoms with Gasteiger partial charge in [-0.2, -0.15) is 0 Å². The van der Waals surface area contributed by atoms with Crippen molar-refractivity contribution in [2.45, 2.75) is 19.8 Å². The lowest BCUT2D eigenvalue weighted by atomic mass is 10.2. The van der Waals surface area contributed by atoms with Crippen LogP contribution in [0.5, 0.6) is 5.88 Å². The van der Waals surface area contributed by atoms with E-state index in [9.17, 15) is 4.79 Å². The number of ether oxygens (including phenoxy) is 1. The molecule has 0 radical (unpaired) electrons. The number of aryl methyl sites for hydroxylation is 1. The fraction of sp³-hybridized carbons (Fsp3) is 0.500. The fourth-order valence-corrected chi connectivity index (χ4v) is 3.83. The third-order valence-corrected chi connectivity index (χ3v) is 5.33. The molecule has 4 heterocycles. The van der Waals surface area contributed by atoms with Gasteiger partial charge in [0.15, 0.2) is 0 Å². The molecular weight excluding hydrogens is 356 g/mol. The Kier molecular flexibility index (Phi) is 5.27. The van der Waals surface area contributed by atoms with E-state index in [0.717, 1.165) is 43.6 Å². The van der Waals surface area contributed by atoms with Gasteiger partial charge in [0.05, 0.1) is 7.11 Å². The zero-order chi connectivity index (χ0) is 19.5. The van der Waals surface area contributed by atoms with Crippen LogP contribution >= 0.6 is 0 Å². The molecule has 0 aromatic carbocycles. The number of piperazine rings is 1. The van der Waals surface area contributed by atoms with E-state index in [1.165, 1.54) is 20.0 Å². The molecular formula is C20H26N6O2. The number of anilines is 2. The summed E-state index contributed by atoms with van der Waals surface area (Å²) >= 11 is 0. The van der Waals surface area contributed by atoms with Crippen molar-refractivity contribution >= 4 is 17.5 Å². The molecule has 2 saturated heterocycles. The van der Waals surface area contributed by atoms with Crippen molar-refractivity contribution in [1.82, 2.24) is 19.9 Å². The smallest absolute Gasteiger partial charge is 0.259 e. The van der Waals surface area contributed by atoms with Gasteiger partial charge in [0.25, 0.3) is 5.91 Å². The van der Waals surface area contributed by atoms with Crippen LogP contribution in [-0.2, 0) is 0 Å². The average molecular weight is 382 g/mol. The molecule has 2 fully saturated rings. The highest BCUT2D eigenvalue weighted by molar-refractivity contribution is 5.96. The van der Waals surface area contributed by atoms with Gasteiger partial charge in [-0.25, -0.2) is 15.0 Å². The van der Waals surface area contributed by atoms with Crippen LogP contribution in [0.3, 0.4) is 0 Å². The minimum atomic E-state index is -0.0405. The van der Waals surface area contributed by atoms with Gasteiger partial charge in [-0.05, 0) is 31.9 Å². The topological polar surface area (TPSA) is 74.7 Å². The molecule has 0 spiro atoms. The van der Waals surface area contributed by atoms with E-state index in [2.05, 4.69) is 30.8 Å². The molecule has 0 unspecified atom stereocenters. The number of rotatable bonds is 4. The van der Waals surface area contributed by atoms with Gasteiger partial charge in [0.2, 0.25) is 5.88 Å². The molecule has 0 saturated carbocycles. The first-order chi connectivity index (χ1) is 13.7. The lowest BCUT2D eigenvalue weighted by Crippen LogP contribution is -2.49. The van der Waals surface area contributed by atoms with Crippen LogP contribution < -0.4 is 14.5 Å². The van der Waals surface area contributed by atoms with Crippen LogP contribution in [-0.4, -0.2) is 72.1 Å². The summed E-state index contributed by atoms with van der Waals surface area (Å²) in [6, 6.07) is 5.60. The number of hydrogen-bond acceptors (Lipinski definition) is 7. The maximum Gasteiger partial charge on any atom is 0.259 e. The Bertz CT molecular complexity index is 844. The molecule has 2 aliphatic heterocycles. The largest absolute Gasteiger partial charge is 0.480 e. The molecule has 0 N–H and O–H groups in total. The number of methoxy groups -OCH3 is 1. The highest BCUT2D eigenvalue weighted by Gasteiger charge is 2.26. The number of pyridine rings is 1. The highest BCUT2D eigenvalue weighted by Crippen LogP contribution is 2.24. The number of amides is 1. The monoisotopic (exact) mass is 382 g/mol. The maximum absolute atomic E-state index is 12.9. The average Bonchev–Trinajstić information content (AvgIpc) is 3.28. The number of carbonyl (C=O) groups is 1. The molecule has 8 heteroatoms. The summed E-state index contributed by atoms with van der Waals surface area (Å²) in [4.78, 5) is 32.7. The molecule has 28 heavy (non-hydrogen) atoms. The Balaban J connectivity index is 1.45. The van der Waals surface area contributed by atoms with Gasteiger partial charge in [0.1, 0.15) is 23.0 Å². The van der Waals surface area contributed by atoms with Gasteiger partial charge in [-0.3, -0.25) is 4.79 Å². The standard InChI is InChI=1S/C20H26N6O2/c1-15-22-17(24-8-3-4-9-24)14-18(23-15)25-10-12-26(13-11-25)20(27)16-6-5-7-21-19(16)28-2/h5-7,14H,3-4,8-13H2,1-2H3. The first-order valence-corrected chi connectivity index (χ1v) is 9.79. The number of aromatic nitrogens is 3. The molecule has 2 aromatic rings. The van der Waals surface area contributed by atoms with Crippen LogP contribution in [0.4, 0.5) is 11.6 Å². The molecule has 148 valence electrons. The van der Waals surface area contributed by atoms with Crippen molar-refractivity contribution in [2.75, 3.05) is 56.2 Å². The van der Waals surface area contributed by atoms with E-state index in [0.29, 0.717) is 24.5 Å². The zero-order valence-corrected chi connectivity index (χ0v) is 16.5. The third kappa shape index (κ3) is 3.72. The summed E-state index contributed by atoms with van der Waals surface area (Å²) < 4.78 is 5.23. The second kappa shape index (κ2) is 8.00. The first kappa shape index (κ1) is 18.5. The molecule has 2 aromatic heterocycles. The van der Waals surface area contributed by atoms with E-state index >= 15 is 0 Å². The second-order valence-corrected chi connectivity index (χ2v) is 7.17. The fourth-order valence-electron chi connectivity index (χ4n) is 3.83. The zero-order valence-electron chi connectivity index (χ0n) is 16.5. The summed E-state index contributed by atoms with van der Waals surface area (Å²) in [7, 11) is 1.53. The van der Waals surface area contributed by atoms with Crippen molar-refractivity contribution in [3.05, 3.63) is 35.8 Å². The van der Waals surface area contributed by atoms with Gasteiger partial charge in [0, 0.05) is 51.5 Å².